The molecule has 1 aromatic rings. The number of nitrogens with one attached hydrogen (secondary N) is 1. The van der Waals surface area contributed by atoms with Gasteiger partial charge in [0.15, 0.2) is 0 Å². The van der Waals surface area contributed by atoms with Crippen LogP contribution in [-0.2, 0) is 16.0 Å². The normalized spacial score (nSPS) is 16.1. The van der Waals surface area contributed by atoms with Gasteiger partial charge in [0, 0.05) is 11.4 Å². The lowest BCUT2D eigenvalue weighted by Gasteiger charge is -2.10. The highest BCUT2D eigenvalue weighted by atomic mass is 35.5. The molecule has 6 heteroatoms. The first-order valence-corrected chi connectivity index (χ1v) is 7.50. The third-order valence-corrected chi connectivity index (χ3v) is 4.65. The molecule has 1 aromatic heterocycles. The van der Waals surface area contributed by atoms with Crippen LogP contribution in [0.4, 0.5) is 0 Å². The molecule has 1 saturated carbocycles. The van der Waals surface area contributed by atoms with E-state index in [1.54, 1.807) is 11.3 Å². The van der Waals surface area contributed by atoms with Gasteiger partial charge in [-0.1, -0.05) is 11.6 Å². The highest BCUT2D eigenvalue weighted by Crippen LogP contribution is 2.46. The number of hydrogen-bond acceptors (Lipinski definition) is 3. The Morgan fingerprint density at radius 2 is 2.11 bits per heavy atom. The number of thiophene rings is 1. The summed E-state index contributed by atoms with van der Waals surface area (Å²) < 4.78 is 0.792. The van der Waals surface area contributed by atoms with Crippen LogP contribution >= 0.6 is 22.9 Å². The second-order valence-electron chi connectivity index (χ2n) is 4.81. The highest BCUT2D eigenvalue weighted by Gasteiger charge is 2.56. The molecule has 0 aromatic carbocycles. The number of aliphatic carboxylic acids is 1. The van der Waals surface area contributed by atoms with Crippen molar-refractivity contribution < 1.29 is 14.7 Å². The number of carbonyl (C=O) groups excluding carboxylic acids is 1. The van der Waals surface area contributed by atoms with E-state index in [4.69, 9.17) is 16.7 Å². The molecule has 1 heterocycles. The summed E-state index contributed by atoms with van der Waals surface area (Å²) in [6.07, 6.45) is 3.66. The number of carboxylic acids is 1. The van der Waals surface area contributed by atoms with E-state index in [2.05, 4.69) is 5.32 Å². The number of carboxylic acid groups (broad SMARTS) is 1. The van der Waals surface area contributed by atoms with Gasteiger partial charge in [0.05, 0.1) is 4.34 Å². The van der Waals surface area contributed by atoms with Crippen molar-refractivity contribution in [3.8, 4) is 0 Å². The number of amides is 1. The summed E-state index contributed by atoms with van der Waals surface area (Å²) in [6, 6.07) is 3.89. The maximum absolute atomic E-state index is 11.7. The molecule has 1 aliphatic rings. The monoisotopic (exact) mass is 301 g/mol. The summed E-state index contributed by atoms with van der Waals surface area (Å²) in [5.74, 6) is -1.34. The minimum atomic E-state index is -1.12. The Labute approximate surface area is 120 Å². The van der Waals surface area contributed by atoms with Crippen LogP contribution in [0.15, 0.2) is 12.1 Å². The van der Waals surface area contributed by atoms with Gasteiger partial charge in [0.25, 0.3) is 0 Å². The van der Waals surface area contributed by atoms with Crippen LogP contribution in [0.3, 0.4) is 0 Å². The van der Waals surface area contributed by atoms with Crippen LogP contribution in [0.5, 0.6) is 0 Å². The Balaban J connectivity index is 1.62. The van der Waals surface area contributed by atoms with Crippen molar-refractivity contribution in [2.75, 3.05) is 6.54 Å². The maximum atomic E-state index is 11.7. The van der Waals surface area contributed by atoms with Crippen LogP contribution in [0.1, 0.15) is 30.6 Å². The van der Waals surface area contributed by atoms with Gasteiger partial charge < -0.3 is 10.4 Å². The Morgan fingerprint density at radius 1 is 1.37 bits per heavy atom. The molecule has 19 heavy (non-hydrogen) atoms. The van der Waals surface area contributed by atoms with Gasteiger partial charge in [0.2, 0.25) is 5.91 Å². The number of hydrogen-bond donors (Lipinski definition) is 2. The van der Waals surface area contributed by atoms with Crippen molar-refractivity contribution >= 4 is 34.8 Å². The molecule has 0 unspecified atom stereocenters. The summed E-state index contributed by atoms with van der Waals surface area (Å²) in [5, 5.41) is 11.7. The van der Waals surface area contributed by atoms with Crippen LogP contribution in [0.25, 0.3) is 0 Å². The number of carbonyl (C=O) groups is 2. The maximum Gasteiger partial charge on any atom is 0.319 e. The smallest absolute Gasteiger partial charge is 0.319 e. The quantitative estimate of drug-likeness (QED) is 0.601. The van der Waals surface area contributed by atoms with E-state index >= 15 is 0 Å². The van der Waals surface area contributed by atoms with Crippen LogP contribution in [0, 0.1) is 5.41 Å². The van der Waals surface area contributed by atoms with Crippen molar-refractivity contribution in [1.82, 2.24) is 5.32 Å². The van der Waals surface area contributed by atoms with E-state index in [0.717, 1.165) is 23.6 Å². The minimum Gasteiger partial charge on any atom is -0.480 e. The standard InChI is InChI=1S/C13H16ClNO3S/c14-10-5-4-9(19-10)3-1-2-8-15-11(16)13(6-7-13)12(17)18/h4-5H,1-3,6-8H2,(H,15,16)(H,17,18). The van der Waals surface area contributed by atoms with E-state index in [-0.39, 0.29) is 5.91 Å². The van der Waals surface area contributed by atoms with Gasteiger partial charge in [-0.3, -0.25) is 9.59 Å². The number of unbranched alkanes of at least 4 members (excludes halogenated alkanes) is 1. The molecule has 0 spiro atoms. The third-order valence-electron chi connectivity index (χ3n) is 3.36. The largest absolute Gasteiger partial charge is 0.480 e. The predicted octanol–water partition coefficient (Wildman–Crippen LogP) is 2.71. The first-order valence-electron chi connectivity index (χ1n) is 6.30. The molecule has 1 aliphatic carbocycles. The lowest BCUT2D eigenvalue weighted by molar-refractivity contribution is -0.149. The van der Waals surface area contributed by atoms with Gasteiger partial charge in [-0.15, -0.1) is 11.3 Å². The summed E-state index contributed by atoms with van der Waals surface area (Å²) in [6.45, 7) is 0.535. The predicted molar refractivity (Wildman–Crippen MR) is 74.6 cm³/mol. The van der Waals surface area contributed by atoms with E-state index in [9.17, 15) is 9.59 Å². The van der Waals surface area contributed by atoms with E-state index < -0.39 is 11.4 Å². The van der Waals surface area contributed by atoms with Crippen LogP contribution in [0.2, 0.25) is 4.34 Å². The molecular weight excluding hydrogens is 286 g/mol. The molecule has 2 N–H and O–H groups in total. The van der Waals surface area contributed by atoms with Gasteiger partial charge in [-0.05, 0) is 44.2 Å². The molecule has 0 atom stereocenters. The SMILES string of the molecule is O=C(O)C1(C(=O)NCCCCc2ccc(Cl)s2)CC1. The van der Waals surface area contributed by atoms with Crippen molar-refractivity contribution in [3.05, 3.63) is 21.3 Å². The van der Waals surface area contributed by atoms with Crippen LogP contribution in [-0.4, -0.2) is 23.5 Å². The fraction of sp³-hybridized carbons (Fsp3) is 0.538. The first-order chi connectivity index (χ1) is 9.04. The zero-order valence-corrected chi connectivity index (χ0v) is 12.0. The van der Waals surface area contributed by atoms with Crippen molar-refractivity contribution in [3.63, 3.8) is 0 Å². The summed E-state index contributed by atoms with van der Waals surface area (Å²) in [4.78, 5) is 23.9. The van der Waals surface area contributed by atoms with Crippen molar-refractivity contribution in [1.29, 1.82) is 0 Å². The highest BCUT2D eigenvalue weighted by molar-refractivity contribution is 7.16. The topological polar surface area (TPSA) is 66.4 Å². The molecule has 0 saturated heterocycles. The van der Waals surface area contributed by atoms with Crippen LogP contribution < -0.4 is 5.32 Å². The number of halogens is 1. The molecule has 104 valence electrons. The second-order valence-corrected chi connectivity index (χ2v) is 6.61. The molecule has 1 amide bonds. The summed E-state index contributed by atoms with van der Waals surface area (Å²) in [7, 11) is 0. The van der Waals surface area contributed by atoms with Crippen molar-refractivity contribution in [2.24, 2.45) is 5.41 Å². The zero-order chi connectivity index (χ0) is 13.9. The summed E-state index contributed by atoms with van der Waals surface area (Å²) in [5.41, 5.74) is -1.12. The van der Waals surface area contributed by atoms with E-state index in [1.807, 2.05) is 12.1 Å². The van der Waals surface area contributed by atoms with Gasteiger partial charge in [0.1, 0.15) is 5.41 Å². The molecule has 0 radical (unpaired) electrons. The van der Waals surface area contributed by atoms with Gasteiger partial charge in [-0.25, -0.2) is 0 Å². The number of rotatable bonds is 7. The molecule has 4 nitrogen and oxygen atoms in total. The zero-order valence-electron chi connectivity index (χ0n) is 10.4. The molecule has 1 fully saturated rings. The second kappa shape index (κ2) is 5.92. The molecule has 0 bridgehead atoms. The van der Waals surface area contributed by atoms with E-state index in [0.29, 0.717) is 19.4 Å². The Kier molecular flexibility index (Phi) is 4.47. The fourth-order valence-corrected chi connectivity index (χ4v) is 3.07. The number of aryl methyl sites for hydroxylation is 1. The van der Waals surface area contributed by atoms with Crippen molar-refractivity contribution in [2.45, 2.75) is 32.1 Å². The van der Waals surface area contributed by atoms with E-state index in [1.165, 1.54) is 4.88 Å². The third kappa shape index (κ3) is 3.48. The summed E-state index contributed by atoms with van der Waals surface area (Å²) >= 11 is 7.41. The first kappa shape index (κ1) is 14.3. The molecule has 2 rings (SSSR count). The lowest BCUT2D eigenvalue weighted by atomic mass is 10.1. The molecule has 0 aliphatic heterocycles. The van der Waals surface area contributed by atoms with Gasteiger partial charge >= 0.3 is 5.97 Å². The minimum absolute atomic E-state index is 0.334. The Hall–Kier alpha value is -1.07. The Morgan fingerprint density at radius 3 is 2.63 bits per heavy atom. The lowest BCUT2D eigenvalue weighted by Crippen LogP contribution is -2.37. The Bertz CT molecular complexity index is 482. The fourth-order valence-electron chi connectivity index (χ4n) is 1.94. The average Bonchev–Trinajstić information content (AvgIpc) is 3.08. The average molecular weight is 302 g/mol. The van der Waals surface area contributed by atoms with Gasteiger partial charge in [-0.2, -0.15) is 0 Å². The molecular formula is C13H16ClNO3S.